The van der Waals surface area contributed by atoms with E-state index in [0.29, 0.717) is 0 Å². The highest BCUT2D eigenvalue weighted by molar-refractivity contribution is 5.06. The molecule has 0 spiro atoms. The van der Waals surface area contributed by atoms with Crippen LogP contribution in [-0.2, 0) is 0 Å². The zero-order valence-corrected chi connectivity index (χ0v) is 11.6. The van der Waals surface area contributed by atoms with Crippen LogP contribution >= 0.6 is 0 Å². The quantitative estimate of drug-likeness (QED) is 0.799. The second-order valence-corrected chi connectivity index (χ2v) is 6.89. The zero-order chi connectivity index (χ0) is 12.1. The molecule has 4 heterocycles. The van der Waals surface area contributed by atoms with Crippen LogP contribution < -0.4 is 5.32 Å². The molecule has 0 aromatic rings. The summed E-state index contributed by atoms with van der Waals surface area (Å²) in [6, 6.07) is 4.40. The molecule has 0 radical (unpaired) electrons. The van der Waals surface area contributed by atoms with Crippen molar-refractivity contribution in [3.63, 3.8) is 0 Å². The van der Waals surface area contributed by atoms with E-state index in [1.54, 1.807) is 0 Å². The molecule has 2 bridgehead atoms. The second kappa shape index (κ2) is 4.46. The molecule has 1 N–H and O–H groups in total. The Morgan fingerprint density at radius 2 is 1.67 bits per heavy atom. The highest BCUT2D eigenvalue weighted by Gasteiger charge is 2.49. The summed E-state index contributed by atoms with van der Waals surface area (Å²) in [4.78, 5) is 5.75. The molecule has 4 aliphatic rings. The fraction of sp³-hybridized carbons (Fsp3) is 1.00. The molecule has 3 nitrogen and oxygen atoms in total. The molecule has 4 saturated heterocycles. The van der Waals surface area contributed by atoms with Crippen molar-refractivity contribution in [1.82, 2.24) is 15.1 Å². The van der Waals surface area contributed by atoms with Crippen LogP contribution in [0.3, 0.4) is 0 Å². The van der Waals surface area contributed by atoms with E-state index >= 15 is 0 Å². The number of hydrogen-bond donors (Lipinski definition) is 1. The molecule has 0 aromatic carbocycles. The lowest BCUT2D eigenvalue weighted by Crippen LogP contribution is -2.55. The van der Waals surface area contributed by atoms with Gasteiger partial charge in [0.05, 0.1) is 0 Å². The maximum atomic E-state index is 3.53. The maximum Gasteiger partial charge on any atom is 0.0269 e. The lowest BCUT2D eigenvalue weighted by Gasteiger charge is -2.44. The molecule has 4 rings (SSSR count). The van der Waals surface area contributed by atoms with E-state index in [-0.39, 0.29) is 0 Å². The van der Waals surface area contributed by atoms with Crippen LogP contribution in [0.2, 0.25) is 0 Å². The van der Waals surface area contributed by atoms with E-state index in [1.807, 2.05) is 0 Å². The molecule has 4 atom stereocenters. The Bertz CT molecular complexity index is 305. The van der Waals surface area contributed by atoms with Crippen LogP contribution in [0.1, 0.15) is 44.9 Å². The largest absolute Gasteiger partial charge is 0.317 e. The minimum Gasteiger partial charge on any atom is -0.317 e. The fourth-order valence-electron chi connectivity index (χ4n) is 5.39. The molecule has 102 valence electrons. The first-order valence-corrected chi connectivity index (χ1v) is 8.05. The van der Waals surface area contributed by atoms with Gasteiger partial charge in [0.2, 0.25) is 0 Å². The van der Waals surface area contributed by atoms with E-state index in [4.69, 9.17) is 0 Å². The summed E-state index contributed by atoms with van der Waals surface area (Å²) in [5.74, 6) is 0. The lowest BCUT2D eigenvalue weighted by molar-refractivity contribution is 0.0572. The second-order valence-electron chi connectivity index (χ2n) is 6.89. The number of hydrogen-bond acceptors (Lipinski definition) is 3. The number of nitrogens with one attached hydrogen (secondary N) is 1. The van der Waals surface area contributed by atoms with Crippen molar-refractivity contribution in [3.05, 3.63) is 0 Å². The summed E-state index contributed by atoms with van der Waals surface area (Å²) in [7, 11) is 2.15. The van der Waals surface area contributed by atoms with Crippen LogP contribution in [0, 0.1) is 0 Å². The van der Waals surface area contributed by atoms with Crippen molar-refractivity contribution in [2.45, 2.75) is 75.2 Å². The predicted molar refractivity (Wildman–Crippen MR) is 73.7 cm³/mol. The third-order valence-electron chi connectivity index (χ3n) is 6.15. The average molecular weight is 249 g/mol. The van der Waals surface area contributed by atoms with E-state index in [0.717, 1.165) is 30.2 Å². The van der Waals surface area contributed by atoms with Crippen molar-refractivity contribution < 1.29 is 0 Å². The topological polar surface area (TPSA) is 18.5 Å². The van der Waals surface area contributed by atoms with Gasteiger partial charge in [-0.2, -0.15) is 0 Å². The molecular formula is C15H27N3. The standard InChI is InChI=1S/C15H27N3/c1-16-11-9-12-4-5-13(10-11)18(12)15-6-8-17-7-2-3-14(15)17/h11-16H,2-10H2,1H3. The maximum absolute atomic E-state index is 3.53. The zero-order valence-electron chi connectivity index (χ0n) is 11.6. The predicted octanol–water partition coefficient (Wildman–Crippen LogP) is 1.44. The van der Waals surface area contributed by atoms with Gasteiger partial charge in [-0.3, -0.25) is 9.80 Å². The molecule has 18 heavy (non-hydrogen) atoms. The number of fused-ring (bicyclic) bond motifs is 3. The first-order chi connectivity index (χ1) is 8.86. The van der Waals surface area contributed by atoms with E-state index in [9.17, 15) is 0 Å². The summed E-state index contributed by atoms with van der Waals surface area (Å²) in [6.07, 6.45) is 10.1. The Balaban J connectivity index is 1.52. The normalized spacial score (nSPS) is 48.8. The Hall–Kier alpha value is -0.120. The van der Waals surface area contributed by atoms with Gasteiger partial charge in [-0.15, -0.1) is 0 Å². The van der Waals surface area contributed by atoms with Gasteiger partial charge in [-0.05, 0) is 58.5 Å². The van der Waals surface area contributed by atoms with Crippen LogP contribution in [0.4, 0.5) is 0 Å². The molecule has 4 fully saturated rings. The van der Waals surface area contributed by atoms with Crippen molar-refractivity contribution in [2.24, 2.45) is 0 Å². The highest BCUT2D eigenvalue weighted by atomic mass is 15.3. The number of rotatable bonds is 2. The third-order valence-corrected chi connectivity index (χ3v) is 6.15. The summed E-state index contributed by atoms with van der Waals surface area (Å²) < 4.78 is 0. The Kier molecular flexibility index (Phi) is 2.90. The molecule has 0 saturated carbocycles. The third kappa shape index (κ3) is 1.67. The minimum absolute atomic E-state index is 0.792. The monoisotopic (exact) mass is 249 g/mol. The SMILES string of the molecule is CNC1CC2CCC(C1)N2C1CCN2CCCC12. The van der Waals surface area contributed by atoms with Gasteiger partial charge in [0.25, 0.3) is 0 Å². The van der Waals surface area contributed by atoms with Crippen molar-refractivity contribution in [2.75, 3.05) is 20.1 Å². The average Bonchev–Trinajstić information content (AvgIpc) is 3.03. The van der Waals surface area contributed by atoms with Crippen LogP contribution in [0.25, 0.3) is 0 Å². The fourth-order valence-corrected chi connectivity index (χ4v) is 5.39. The van der Waals surface area contributed by atoms with Gasteiger partial charge >= 0.3 is 0 Å². The van der Waals surface area contributed by atoms with E-state index < -0.39 is 0 Å². The van der Waals surface area contributed by atoms with Gasteiger partial charge in [-0.25, -0.2) is 0 Å². The highest BCUT2D eigenvalue weighted by Crippen LogP contribution is 2.42. The van der Waals surface area contributed by atoms with Crippen molar-refractivity contribution >= 4 is 0 Å². The molecule has 4 aliphatic heterocycles. The Labute approximate surface area is 111 Å². The molecule has 0 amide bonds. The molecule has 4 unspecified atom stereocenters. The lowest BCUT2D eigenvalue weighted by atomic mass is 9.93. The van der Waals surface area contributed by atoms with Crippen LogP contribution in [0.15, 0.2) is 0 Å². The Morgan fingerprint density at radius 1 is 0.889 bits per heavy atom. The van der Waals surface area contributed by atoms with Gasteiger partial charge in [-0.1, -0.05) is 0 Å². The first kappa shape index (κ1) is 11.7. The molecule has 0 aromatic heterocycles. The van der Waals surface area contributed by atoms with Gasteiger partial charge in [0, 0.05) is 36.8 Å². The van der Waals surface area contributed by atoms with E-state index in [1.165, 1.54) is 58.0 Å². The molecular weight excluding hydrogens is 222 g/mol. The van der Waals surface area contributed by atoms with Crippen molar-refractivity contribution in [3.8, 4) is 0 Å². The summed E-state index contributed by atoms with van der Waals surface area (Å²) >= 11 is 0. The Morgan fingerprint density at radius 3 is 2.39 bits per heavy atom. The summed E-state index contributed by atoms with van der Waals surface area (Å²) in [5, 5.41) is 3.53. The van der Waals surface area contributed by atoms with E-state index in [2.05, 4.69) is 22.2 Å². The van der Waals surface area contributed by atoms with Gasteiger partial charge in [0.1, 0.15) is 0 Å². The number of nitrogens with zero attached hydrogens (tertiary/aromatic N) is 2. The number of piperidine rings is 1. The molecule has 3 heteroatoms. The smallest absolute Gasteiger partial charge is 0.0269 e. The first-order valence-electron chi connectivity index (χ1n) is 8.05. The summed E-state index contributed by atoms with van der Waals surface area (Å²) in [5.41, 5.74) is 0. The molecule has 0 aliphatic carbocycles. The van der Waals surface area contributed by atoms with Crippen molar-refractivity contribution in [1.29, 1.82) is 0 Å². The van der Waals surface area contributed by atoms with Gasteiger partial charge in [0.15, 0.2) is 0 Å². The van der Waals surface area contributed by atoms with Crippen LogP contribution in [-0.4, -0.2) is 60.1 Å². The minimum atomic E-state index is 0.792. The summed E-state index contributed by atoms with van der Waals surface area (Å²) in [6.45, 7) is 2.75. The van der Waals surface area contributed by atoms with Crippen LogP contribution in [0.5, 0.6) is 0 Å². The van der Waals surface area contributed by atoms with Gasteiger partial charge < -0.3 is 5.32 Å².